The van der Waals surface area contributed by atoms with E-state index in [1.165, 1.54) is 4.88 Å². The Morgan fingerprint density at radius 3 is 2.28 bits per heavy atom. The van der Waals surface area contributed by atoms with Gasteiger partial charge in [-0.1, -0.05) is 66.7 Å². The van der Waals surface area contributed by atoms with Crippen molar-refractivity contribution in [1.29, 1.82) is 0 Å². The summed E-state index contributed by atoms with van der Waals surface area (Å²) >= 11 is 1.70. The number of amides is 1. The molecule has 1 amide bonds. The number of thiophene rings is 1. The van der Waals surface area contributed by atoms with E-state index in [-0.39, 0.29) is 18.0 Å². The second kappa shape index (κ2) is 8.60. The second-order valence-electron chi connectivity index (χ2n) is 5.95. The lowest BCUT2D eigenvalue weighted by Crippen LogP contribution is -2.43. The van der Waals surface area contributed by atoms with Crippen LogP contribution in [0.3, 0.4) is 0 Å². The molecule has 0 aliphatic heterocycles. The Kier molecular flexibility index (Phi) is 5.99. The van der Waals surface area contributed by atoms with Gasteiger partial charge in [0.05, 0.1) is 12.1 Å². The van der Waals surface area contributed by atoms with Crippen molar-refractivity contribution in [3.05, 3.63) is 94.2 Å². The first kappa shape index (κ1) is 17.4. The maximum absolute atomic E-state index is 12.5. The van der Waals surface area contributed by atoms with Gasteiger partial charge in [0, 0.05) is 11.4 Å². The summed E-state index contributed by atoms with van der Waals surface area (Å²) in [6.45, 7) is 2.45. The number of nitrogens with one attached hydrogen (secondary N) is 2. The topological polar surface area (TPSA) is 41.1 Å². The standard InChI is InChI=1S/C21H22N2OS/c1-16(21(24)22-15-17-9-4-2-5-10-17)23-20(19-13-8-14-25-19)18-11-6-3-7-12-18/h2-14,16,20,23H,15H2,1H3,(H,22,24)/t16-,20+/m0/s1. The molecule has 1 heterocycles. The van der Waals surface area contributed by atoms with E-state index in [1.807, 2.05) is 61.5 Å². The van der Waals surface area contributed by atoms with Crippen LogP contribution in [-0.2, 0) is 11.3 Å². The molecule has 3 aromatic rings. The van der Waals surface area contributed by atoms with Crippen LogP contribution in [0.15, 0.2) is 78.2 Å². The quantitative estimate of drug-likeness (QED) is 0.673. The Bertz CT molecular complexity index is 772. The summed E-state index contributed by atoms with van der Waals surface area (Å²) in [6, 6.07) is 24.0. The first-order valence-electron chi connectivity index (χ1n) is 8.40. The summed E-state index contributed by atoms with van der Waals surface area (Å²) in [5, 5.41) is 8.54. The van der Waals surface area contributed by atoms with Crippen LogP contribution in [-0.4, -0.2) is 11.9 Å². The van der Waals surface area contributed by atoms with Crippen LogP contribution in [0.1, 0.15) is 29.0 Å². The van der Waals surface area contributed by atoms with Crippen LogP contribution in [0.2, 0.25) is 0 Å². The van der Waals surface area contributed by atoms with E-state index in [2.05, 4.69) is 34.2 Å². The van der Waals surface area contributed by atoms with Crippen molar-refractivity contribution < 1.29 is 4.79 Å². The second-order valence-corrected chi connectivity index (χ2v) is 6.93. The van der Waals surface area contributed by atoms with Gasteiger partial charge in [-0.25, -0.2) is 0 Å². The maximum atomic E-state index is 12.5. The molecule has 0 saturated heterocycles. The van der Waals surface area contributed by atoms with Gasteiger partial charge in [-0.05, 0) is 29.5 Å². The molecule has 2 aromatic carbocycles. The SMILES string of the molecule is C[C@H](N[C@H](c1ccccc1)c1cccs1)C(=O)NCc1ccccc1. The van der Waals surface area contributed by atoms with Gasteiger partial charge in [0.2, 0.25) is 5.91 Å². The van der Waals surface area contributed by atoms with Crippen LogP contribution in [0.5, 0.6) is 0 Å². The molecule has 0 fully saturated rings. The molecule has 2 N–H and O–H groups in total. The number of carbonyl (C=O) groups excluding carboxylic acids is 1. The fourth-order valence-corrected chi connectivity index (χ4v) is 3.52. The maximum Gasteiger partial charge on any atom is 0.237 e. The smallest absolute Gasteiger partial charge is 0.237 e. The highest BCUT2D eigenvalue weighted by molar-refractivity contribution is 7.10. The molecule has 4 heteroatoms. The van der Waals surface area contributed by atoms with Crippen molar-refractivity contribution in [3.8, 4) is 0 Å². The highest BCUT2D eigenvalue weighted by Gasteiger charge is 2.21. The van der Waals surface area contributed by atoms with E-state index < -0.39 is 0 Å². The van der Waals surface area contributed by atoms with Gasteiger partial charge in [0.1, 0.15) is 0 Å². The van der Waals surface area contributed by atoms with Crippen molar-refractivity contribution in [2.75, 3.05) is 0 Å². The van der Waals surface area contributed by atoms with Gasteiger partial charge in [0.25, 0.3) is 0 Å². The minimum atomic E-state index is -0.295. The lowest BCUT2D eigenvalue weighted by atomic mass is 10.0. The van der Waals surface area contributed by atoms with Crippen molar-refractivity contribution in [1.82, 2.24) is 10.6 Å². The minimum absolute atomic E-state index is 0.00124. The van der Waals surface area contributed by atoms with Crippen LogP contribution in [0.4, 0.5) is 0 Å². The summed E-state index contributed by atoms with van der Waals surface area (Å²) in [5.41, 5.74) is 2.26. The summed E-state index contributed by atoms with van der Waals surface area (Å²) < 4.78 is 0. The monoisotopic (exact) mass is 350 g/mol. The van der Waals surface area contributed by atoms with Gasteiger partial charge >= 0.3 is 0 Å². The van der Waals surface area contributed by atoms with E-state index in [9.17, 15) is 4.79 Å². The fraction of sp³-hybridized carbons (Fsp3) is 0.190. The Hall–Kier alpha value is -2.43. The summed E-state index contributed by atoms with van der Waals surface area (Å²) in [7, 11) is 0. The molecule has 3 rings (SSSR count). The molecule has 0 aliphatic carbocycles. The molecule has 128 valence electrons. The van der Waals surface area contributed by atoms with Crippen LogP contribution in [0, 0.1) is 0 Å². The first-order valence-corrected chi connectivity index (χ1v) is 9.28. The third-order valence-electron chi connectivity index (χ3n) is 4.08. The van der Waals surface area contributed by atoms with E-state index in [0.717, 1.165) is 11.1 Å². The molecule has 0 unspecified atom stereocenters. The number of hydrogen-bond donors (Lipinski definition) is 2. The van der Waals surface area contributed by atoms with Gasteiger partial charge in [0.15, 0.2) is 0 Å². The van der Waals surface area contributed by atoms with E-state index in [1.54, 1.807) is 11.3 Å². The molecular weight excluding hydrogens is 328 g/mol. The molecule has 2 atom stereocenters. The molecule has 1 aromatic heterocycles. The largest absolute Gasteiger partial charge is 0.351 e. The van der Waals surface area contributed by atoms with Crippen molar-refractivity contribution in [2.24, 2.45) is 0 Å². The van der Waals surface area contributed by atoms with Crippen LogP contribution >= 0.6 is 11.3 Å². The third-order valence-corrected chi connectivity index (χ3v) is 5.02. The zero-order valence-corrected chi connectivity index (χ0v) is 15.0. The highest BCUT2D eigenvalue weighted by atomic mass is 32.1. The van der Waals surface area contributed by atoms with Crippen molar-refractivity contribution in [2.45, 2.75) is 25.6 Å². The average molecular weight is 350 g/mol. The number of rotatable bonds is 7. The Morgan fingerprint density at radius 2 is 1.64 bits per heavy atom. The van der Waals surface area contributed by atoms with Gasteiger partial charge < -0.3 is 5.32 Å². The first-order chi connectivity index (χ1) is 12.2. The minimum Gasteiger partial charge on any atom is -0.351 e. The molecule has 0 saturated carbocycles. The van der Waals surface area contributed by atoms with E-state index in [0.29, 0.717) is 6.54 Å². The van der Waals surface area contributed by atoms with E-state index in [4.69, 9.17) is 0 Å². The van der Waals surface area contributed by atoms with Crippen LogP contribution in [0.25, 0.3) is 0 Å². The van der Waals surface area contributed by atoms with Gasteiger partial charge in [-0.3, -0.25) is 10.1 Å². The zero-order valence-electron chi connectivity index (χ0n) is 14.2. The third kappa shape index (κ3) is 4.78. The number of carbonyl (C=O) groups is 1. The fourth-order valence-electron chi connectivity index (χ4n) is 2.71. The molecule has 25 heavy (non-hydrogen) atoms. The summed E-state index contributed by atoms with van der Waals surface area (Å²) in [5.74, 6) is 0.00124. The summed E-state index contributed by atoms with van der Waals surface area (Å²) in [4.78, 5) is 13.7. The highest BCUT2D eigenvalue weighted by Crippen LogP contribution is 2.26. The Balaban J connectivity index is 1.66. The van der Waals surface area contributed by atoms with Gasteiger partial charge in [-0.15, -0.1) is 11.3 Å². The molecule has 0 spiro atoms. The summed E-state index contributed by atoms with van der Waals surface area (Å²) in [6.07, 6.45) is 0. The van der Waals surface area contributed by atoms with Crippen LogP contribution < -0.4 is 10.6 Å². The van der Waals surface area contributed by atoms with Crippen molar-refractivity contribution >= 4 is 17.2 Å². The van der Waals surface area contributed by atoms with Crippen molar-refractivity contribution in [3.63, 3.8) is 0 Å². The Labute approximate surface area is 152 Å². The predicted molar refractivity (Wildman–Crippen MR) is 103 cm³/mol. The predicted octanol–water partition coefficient (Wildman–Crippen LogP) is 4.13. The molecule has 0 bridgehead atoms. The lowest BCUT2D eigenvalue weighted by molar-refractivity contribution is -0.123. The lowest BCUT2D eigenvalue weighted by Gasteiger charge is -2.22. The Morgan fingerprint density at radius 1 is 0.960 bits per heavy atom. The normalized spacial score (nSPS) is 13.2. The zero-order chi connectivity index (χ0) is 17.5. The van der Waals surface area contributed by atoms with E-state index >= 15 is 0 Å². The molecule has 0 radical (unpaired) electrons. The molecule has 0 aliphatic rings. The van der Waals surface area contributed by atoms with Gasteiger partial charge in [-0.2, -0.15) is 0 Å². The average Bonchev–Trinajstić information content (AvgIpc) is 3.20. The molecular formula is C21H22N2OS. The molecule has 3 nitrogen and oxygen atoms in total. The number of hydrogen-bond acceptors (Lipinski definition) is 3. The number of benzene rings is 2.